The van der Waals surface area contributed by atoms with E-state index in [1.54, 1.807) is 0 Å². The lowest BCUT2D eigenvalue weighted by Gasteiger charge is -2.11. The van der Waals surface area contributed by atoms with Gasteiger partial charge in [-0.1, -0.05) is 54.1 Å². The number of hydrogen-bond donors (Lipinski definition) is 0. The number of carbonyl (C=O) groups is 1. The summed E-state index contributed by atoms with van der Waals surface area (Å²) in [4.78, 5) is 12.5. The number of Topliss-reactive ketones (excluding diaryl/α,β-unsaturated/α-hetero) is 1. The van der Waals surface area contributed by atoms with E-state index >= 15 is 0 Å². The minimum absolute atomic E-state index is 0.165. The number of aryl methyl sites for hydroxylation is 3. The number of carbonyl (C=O) groups excluding carboxylic acids is 1. The van der Waals surface area contributed by atoms with E-state index in [2.05, 4.69) is 39.5 Å². The van der Waals surface area contributed by atoms with Gasteiger partial charge in [-0.2, -0.15) is 0 Å². The quantitative estimate of drug-likeness (QED) is 0.713. The van der Waals surface area contributed by atoms with Crippen LogP contribution in [0.4, 0.5) is 0 Å². The molecule has 0 amide bonds. The third-order valence-electron chi connectivity index (χ3n) is 3.88. The van der Waals surface area contributed by atoms with Crippen LogP contribution in [0.1, 0.15) is 45.1 Å². The predicted octanol–water partition coefficient (Wildman–Crippen LogP) is 5.07. The van der Waals surface area contributed by atoms with Crippen molar-refractivity contribution in [2.45, 2.75) is 34.1 Å². The molecule has 108 valence electrons. The van der Waals surface area contributed by atoms with Crippen molar-refractivity contribution in [3.8, 4) is 0 Å². The summed E-state index contributed by atoms with van der Waals surface area (Å²) < 4.78 is 0. The third kappa shape index (κ3) is 3.49. The molecule has 1 nitrogen and oxygen atoms in total. The summed E-state index contributed by atoms with van der Waals surface area (Å²) in [5.74, 6) is 0.165. The Bertz CT molecular complexity index is 667. The van der Waals surface area contributed by atoms with Crippen molar-refractivity contribution in [2.24, 2.45) is 0 Å². The molecule has 0 aliphatic carbocycles. The number of benzene rings is 2. The van der Waals surface area contributed by atoms with Crippen LogP contribution in [0.25, 0.3) is 5.57 Å². The Balaban J connectivity index is 2.24. The maximum atomic E-state index is 12.5. The van der Waals surface area contributed by atoms with Gasteiger partial charge in [0.15, 0.2) is 5.78 Å². The van der Waals surface area contributed by atoms with Crippen LogP contribution < -0.4 is 0 Å². The Hall–Kier alpha value is -2.15. The molecule has 0 bridgehead atoms. The standard InChI is InChI=1S/C20H22O/c1-13(2)17-6-8-18(9-7-17)20(21)12-19-15(4)10-14(3)11-16(19)5/h6-11H,1,12H2,2-5H3. The first-order chi connectivity index (χ1) is 9.88. The van der Waals surface area contributed by atoms with E-state index in [0.29, 0.717) is 6.42 Å². The van der Waals surface area contributed by atoms with Gasteiger partial charge < -0.3 is 0 Å². The lowest BCUT2D eigenvalue weighted by Crippen LogP contribution is -2.07. The second-order valence-corrected chi connectivity index (χ2v) is 5.83. The Labute approximate surface area is 127 Å². The molecule has 0 N–H and O–H groups in total. The molecule has 0 radical (unpaired) electrons. The van der Waals surface area contributed by atoms with E-state index in [1.807, 2.05) is 31.2 Å². The average Bonchev–Trinajstić information content (AvgIpc) is 2.42. The number of rotatable bonds is 4. The Morgan fingerprint density at radius 2 is 1.43 bits per heavy atom. The fraction of sp³-hybridized carbons (Fsp3) is 0.250. The summed E-state index contributed by atoms with van der Waals surface area (Å²) in [6.45, 7) is 12.1. The summed E-state index contributed by atoms with van der Waals surface area (Å²) in [7, 11) is 0. The molecule has 0 heterocycles. The molecule has 2 aromatic rings. The van der Waals surface area contributed by atoms with Gasteiger partial charge in [-0.05, 0) is 49.9 Å². The fourth-order valence-electron chi connectivity index (χ4n) is 2.69. The number of ketones is 1. The normalized spacial score (nSPS) is 10.5. The summed E-state index contributed by atoms with van der Waals surface area (Å²) in [5.41, 5.74) is 7.63. The summed E-state index contributed by atoms with van der Waals surface area (Å²) in [6, 6.07) is 12.0. The van der Waals surface area contributed by atoms with E-state index in [9.17, 15) is 4.79 Å². The molecule has 21 heavy (non-hydrogen) atoms. The van der Waals surface area contributed by atoms with Crippen molar-refractivity contribution >= 4 is 11.4 Å². The van der Waals surface area contributed by atoms with Gasteiger partial charge in [-0.3, -0.25) is 4.79 Å². The fourth-order valence-corrected chi connectivity index (χ4v) is 2.69. The van der Waals surface area contributed by atoms with Gasteiger partial charge in [0, 0.05) is 12.0 Å². The minimum atomic E-state index is 0.165. The molecule has 2 aromatic carbocycles. The van der Waals surface area contributed by atoms with Crippen molar-refractivity contribution < 1.29 is 4.79 Å². The van der Waals surface area contributed by atoms with Crippen molar-refractivity contribution in [3.63, 3.8) is 0 Å². The lowest BCUT2D eigenvalue weighted by molar-refractivity contribution is 0.0992. The van der Waals surface area contributed by atoms with E-state index in [1.165, 1.54) is 16.7 Å². The first-order valence-electron chi connectivity index (χ1n) is 7.24. The molecular formula is C20H22O. The molecular weight excluding hydrogens is 256 g/mol. The van der Waals surface area contributed by atoms with Crippen LogP contribution in [0.3, 0.4) is 0 Å². The topological polar surface area (TPSA) is 17.1 Å². The van der Waals surface area contributed by atoms with Crippen LogP contribution >= 0.6 is 0 Å². The Kier molecular flexibility index (Phi) is 4.42. The van der Waals surface area contributed by atoms with Gasteiger partial charge in [-0.25, -0.2) is 0 Å². The molecule has 0 fully saturated rings. The van der Waals surface area contributed by atoms with Gasteiger partial charge >= 0.3 is 0 Å². The maximum Gasteiger partial charge on any atom is 0.167 e. The van der Waals surface area contributed by atoms with Crippen molar-refractivity contribution in [1.29, 1.82) is 0 Å². The molecule has 0 aliphatic rings. The van der Waals surface area contributed by atoms with Gasteiger partial charge in [-0.15, -0.1) is 0 Å². The molecule has 0 atom stereocenters. The first-order valence-corrected chi connectivity index (χ1v) is 7.24. The zero-order chi connectivity index (χ0) is 15.6. The monoisotopic (exact) mass is 278 g/mol. The highest BCUT2D eigenvalue weighted by atomic mass is 16.1. The van der Waals surface area contributed by atoms with Crippen LogP contribution in [-0.2, 0) is 6.42 Å². The van der Waals surface area contributed by atoms with Crippen molar-refractivity contribution in [1.82, 2.24) is 0 Å². The largest absolute Gasteiger partial charge is 0.294 e. The van der Waals surface area contributed by atoms with Crippen LogP contribution in [0.15, 0.2) is 43.0 Å². The first kappa shape index (κ1) is 15.2. The molecule has 0 spiro atoms. The smallest absolute Gasteiger partial charge is 0.167 e. The molecule has 1 heteroatoms. The highest BCUT2D eigenvalue weighted by molar-refractivity contribution is 5.98. The minimum Gasteiger partial charge on any atom is -0.294 e. The summed E-state index contributed by atoms with van der Waals surface area (Å²) >= 11 is 0. The highest BCUT2D eigenvalue weighted by Crippen LogP contribution is 2.19. The lowest BCUT2D eigenvalue weighted by atomic mass is 9.93. The molecule has 0 saturated heterocycles. The van der Waals surface area contributed by atoms with E-state index < -0.39 is 0 Å². The van der Waals surface area contributed by atoms with Gasteiger partial charge in [0.1, 0.15) is 0 Å². The maximum absolute atomic E-state index is 12.5. The molecule has 2 rings (SSSR count). The van der Waals surface area contributed by atoms with Gasteiger partial charge in [0.2, 0.25) is 0 Å². The number of allylic oxidation sites excluding steroid dienone is 1. The van der Waals surface area contributed by atoms with Gasteiger partial charge in [0.05, 0.1) is 0 Å². The van der Waals surface area contributed by atoms with E-state index in [4.69, 9.17) is 0 Å². The Morgan fingerprint density at radius 1 is 0.952 bits per heavy atom. The second kappa shape index (κ2) is 6.09. The van der Waals surface area contributed by atoms with Crippen LogP contribution in [0.5, 0.6) is 0 Å². The predicted molar refractivity (Wildman–Crippen MR) is 89.8 cm³/mol. The Morgan fingerprint density at radius 3 is 1.90 bits per heavy atom. The second-order valence-electron chi connectivity index (χ2n) is 5.83. The van der Waals surface area contributed by atoms with Gasteiger partial charge in [0.25, 0.3) is 0 Å². The average molecular weight is 278 g/mol. The van der Waals surface area contributed by atoms with Crippen molar-refractivity contribution in [2.75, 3.05) is 0 Å². The zero-order valence-electron chi connectivity index (χ0n) is 13.3. The van der Waals surface area contributed by atoms with Crippen molar-refractivity contribution in [3.05, 3.63) is 76.4 Å². The van der Waals surface area contributed by atoms with Crippen LogP contribution in [0.2, 0.25) is 0 Å². The van der Waals surface area contributed by atoms with Crippen LogP contribution in [0, 0.1) is 20.8 Å². The summed E-state index contributed by atoms with van der Waals surface area (Å²) in [6.07, 6.45) is 0.463. The molecule has 0 unspecified atom stereocenters. The highest BCUT2D eigenvalue weighted by Gasteiger charge is 2.11. The molecule has 0 saturated carbocycles. The van der Waals surface area contributed by atoms with Crippen LogP contribution in [-0.4, -0.2) is 5.78 Å². The van der Waals surface area contributed by atoms with E-state index in [0.717, 1.165) is 22.3 Å². The SMILES string of the molecule is C=C(C)c1ccc(C(=O)Cc2c(C)cc(C)cc2C)cc1. The molecule has 0 aromatic heterocycles. The molecule has 0 aliphatic heterocycles. The summed E-state index contributed by atoms with van der Waals surface area (Å²) in [5, 5.41) is 0. The zero-order valence-corrected chi connectivity index (χ0v) is 13.3. The number of hydrogen-bond acceptors (Lipinski definition) is 1. The third-order valence-corrected chi connectivity index (χ3v) is 3.88. The van der Waals surface area contributed by atoms with E-state index in [-0.39, 0.29) is 5.78 Å².